The van der Waals surface area contributed by atoms with E-state index in [0.29, 0.717) is 5.52 Å². The Morgan fingerprint density at radius 3 is 2.74 bits per heavy atom. The van der Waals surface area contributed by atoms with Crippen LogP contribution in [0.5, 0.6) is 0 Å². The molecule has 27 heavy (non-hydrogen) atoms. The quantitative estimate of drug-likeness (QED) is 0.694. The van der Waals surface area contributed by atoms with E-state index in [1.807, 2.05) is 13.8 Å². The largest absolute Gasteiger partial charge is 0.352 e. The molecule has 0 bridgehead atoms. The van der Waals surface area contributed by atoms with Gasteiger partial charge in [0, 0.05) is 17.0 Å². The standard InChI is InChI=1S/C18H19FN4O3S/c1-3-11(2)20-15(24)9-22-14-10-27-21-16(14)17(25)23(18(22)26)8-12-6-4-5-7-13(12)19/h4-7,10-11H,3,8-9H2,1-2H3,(H,20,24). The van der Waals surface area contributed by atoms with E-state index in [1.54, 1.807) is 11.4 Å². The molecule has 7 nitrogen and oxygen atoms in total. The molecule has 1 aromatic carbocycles. The maximum atomic E-state index is 14.0. The van der Waals surface area contributed by atoms with Crippen molar-refractivity contribution in [2.45, 2.75) is 39.4 Å². The Hall–Kier alpha value is -2.81. The van der Waals surface area contributed by atoms with Gasteiger partial charge >= 0.3 is 5.69 Å². The van der Waals surface area contributed by atoms with Gasteiger partial charge in [0.1, 0.15) is 12.4 Å². The molecule has 1 unspecified atom stereocenters. The molecule has 142 valence electrons. The van der Waals surface area contributed by atoms with Crippen LogP contribution in [0.15, 0.2) is 39.2 Å². The van der Waals surface area contributed by atoms with Crippen LogP contribution >= 0.6 is 11.5 Å². The van der Waals surface area contributed by atoms with Crippen LogP contribution in [-0.2, 0) is 17.9 Å². The third kappa shape index (κ3) is 3.82. The van der Waals surface area contributed by atoms with Crippen LogP contribution in [-0.4, -0.2) is 25.5 Å². The fraction of sp³-hybridized carbons (Fsp3) is 0.333. The number of hydrogen-bond donors (Lipinski definition) is 1. The summed E-state index contributed by atoms with van der Waals surface area (Å²) in [5, 5.41) is 4.35. The lowest BCUT2D eigenvalue weighted by atomic mass is 10.2. The average Bonchev–Trinajstić information content (AvgIpc) is 3.13. The summed E-state index contributed by atoms with van der Waals surface area (Å²) in [5.41, 5.74) is -0.665. The van der Waals surface area contributed by atoms with Gasteiger partial charge < -0.3 is 5.32 Å². The van der Waals surface area contributed by atoms with Gasteiger partial charge in [-0.2, -0.15) is 4.37 Å². The van der Waals surface area contributed by atoms with Gasteiger partial charge in [-0.3, -0.25) is 18.7 Å². The van der Waals surface area contributed by atoms with Crippen LogP contribution in [0, 0.1) is 5.82 Å². The Kier molecular flexibility index (Phi) is 5.50. The van der Waals surface area contributed by atoms with Crippen molar-refractivity contribution >= 4 is 28.5 Å². The molecule has 0 spiro atoms. The summed E-state index contributed by atoms with van der Waals surface area (Å²) in [4.78, 5) is 37.8. The maximum Gasteiger partial charge on any atom is 0.332 e. The zero-order chi connectivity index (χ0) is 19.6. The van der Waals surface area contributed by atoms with Gasteiger partial charge in [0.2, 0.25) is 5.91 Å². The Morgan fingerprint density at radius 2 is 2.04 bits per heavy atom. The molecule has 0 fully saturated rings. The Labute approximate surface area is 158 Å². The van der Waals surface area contributed by atoms with Crippen molar-refractivity contribution in [1.82, 2.24) is 18.8 Å². The minimum atomic E-state index is -0.671. The summed E-state index contributed by atoms with van der Waals surface area (Å²) < 4.78 is 20.2. The first-order valence-corrected chi connectivity index (χ1v) is 9.36. The highest BCUT2D eigenvalue weighted by Gasteiger charge is 2.18. The van der Waals surface area contributed by atoms with E-state index in [-0.39, 0.29) is 36.1 Å². The van der Waals surface area contributed by atoms with Crippen LogP contribution in [0.4, 0.5) is 4.39 Å². The molecular weight excluding hydrogens is 371 g/mol. The minimum Gasteiger partial charge on any atom is -0.352 e. The van der Waals surface area contributed by atoms with Gasteiger partial charge in [0.25, 0.3) is 5.56 Å². The molecule has 1 N–H and O–H groups in total. The van der Waals surface area contributed by atoms with E-state index in [2.05, 4.69) is 9.69 Å². The highest BCUT2D eigenvalue weighted by molar-refractivity contribution is 7.04. The number of benzene rings is 1. The van der Waals surface area contributed by atoms with Crippen LogP contribution in [0.2, 0.25) is 0 Å². The monoisotopic (exact) mass is 390 g/mol. The molecule has 9 heteroatoms. The van der Waals surface area contributed by atoms with Gasteiger partial charge in [0.15, 0.2) is 5.52 Å². The predicted octanol–water partition coefficient (Wildman–Crippen LogP) is 1.72. The molecule has 0 saturated carbocycles. The molecule has 0 aliphatic heterocycles. The number of fused-ring (bicyclic) bond motifs is 1. The average molecular weight is 390 g/mol. The first-order valence-electron chi connectivity index (χ1n) is 8.52. The van der Waals surface area contributed by atoms with Crippen molar-refractivity contribution in [2.24, 2.45) is 0 Å². The van der Waals surface area contributed by atoms with Gasteiger partial charge in [-0.15, -0.1) is 0 Å². The molecule has 2 heterocycles. The smallest absolute Gasteiger partial charge is 0.332 e. The number of nitrogens with one attached hydrogen (secondary N) is 1. The third-order valence-corrected chi connectivity index (χ3v) is 4.98. The molecule has 3 rings (SSSR count). The lowest BCUT2D eigenvalue weighted by molar-refractivity contribution is -0.122. The number of halogens is 1. The van der Waals surface area contributed by atoms with Crippen molar-refractivity contribution in [3.63, 3.8) is 0 Å². The van der Waals surface area contributed by atoms with E-state index in [0.717, 1.165) is 22.5 Å². The van der Waals surface area contributed by atoms with Crippen LogP contribution in [0.1, 0.15) is 25.8 Å². The zero-order valence-corrected chi connectivity index (χ0v) is 15.8. The van der Waals surface area contributed by atoms with E-state index >= 15 is 0 Å². The lowest BCUT2D eigenvalue weighted by Gasteiger charge is -2.14. The normalized spacial score (nSPS) is 12.3. The maximum absolute atomic E-state index is 14.0. The fourth-order valence-corrected chi connectivity index (χ4v) is 3.36. The lowest BCUT2D eigenvalue weighted by Crippen LogP contribution is -2.43. The first kappa shape index (κ1) is 19.0. The number of nitrogens with zero attached hydrogens (tertiary/aromatic N) is 3. The van der Waals surface area contributed by atoms with Crippen molar-refractivity contribution in [1.29, 1.82) is 0 Å². The minimum absolute atomic E-state index is 0.0337. The summed E-state index contributed by atoms with van der Waals surface area (Å²) in [6.07, 6.45) is 0.753. The molecule has 2 aromatic heterocycles. The molecule has 0 radical (unpaired) electrons. The molecule has 0 aliphatic carbocycles. The fourth-order valence-electron chi connectivity index (χ4n) is 2.69. The Balaban J connectivity index is 2.08. The predicted molar refractivity (Wildman–Crippen MR) is 102 cm³/mol. The molecule has 1 amide bonds. The number of aromatic nitrogens is 3. The molecular formula is C18H19FN4O3S. The number of carbonyl (C=O) groups excluding carboxylic acids is 1. The van der Waals surface area contributed by atoms with Gasteiger partial charge in [-0.1, -0.05) is 25.1 Å². The SMILES string of the molecule is CCC(C)NC(=O)Cn1c(=O)n(Cc2ccccc2F)c(=O)c2nscc21. The molecule has 0 aliphatic rings. The second kappa shape index (κ2) is 7.83. The molecule has 1 atom stereocenters. The second-order valence-corrected chi connectivity index (χ2v) is 6.91. The van der Waals surface area contributed by atoms with Crippen molar-refractivity contribution in [3.8, 4) is 0 Å². The van der Waals surface area contributed by atoms with Crippen molar-refractivity contribution in [2.75, 3.05) is 0 Å². The van der Waals surface area contributed by atoms with E-state index < -0.39 is 17.1 Å². The first-order chi connectivity index (χ1) is 12.9. The highest BCUT2D eigenvalue weighted by Crippen LogP contribution is 2.11. The third-order valence-electron chi connectivity index (χ3n) is 4.36. The van der Waals surface area contributed by atoms with Crippen molar-refractivity contribution in [3.05, 3.63) is 61.9 Å². The summed E-state index contributed by atoms with van der Waals surface area (Å²) >= 11 is 1.02. The number of carbonyl (C=O) groups is 1. The van der Waals surface area contributed by atoms with Crippen LogP contribution in [0.25, 0.3) is 11.0 Å². The molecule has 3 aromatic rings. The van der Waals surface area contributed by atoms with E-state index in [4.69, 9.17) is 0 Å². The summed E-state index contributed by atoms with van der Waals surface area (Å²) in [7, 11) is 0. The van der Waals surface area contributed by atoms with Crippen molar-refractivity contribution < 1.29 is 9.18 Å². The van der Waals surface area contributed by atoms with Gasteiger partial charge in [-0.05, 0) is 30.9 Å². The molecule has 0 saturated heterocycles. The summed E-state index contributed by atoms with van der Waals surface area (Å²) in [6, 6.07) is 5.89. The topological polar surface area (TPSA) is 86.0 Å². The zero-order valence-electron chi connectivity index (χ0n) is 14.9. The summed E-state index contributed by atoms with van der Waals surface area (Å²) in [6.45, 7) is 3.33. The van der Waals surface area contributed by atoms with E-state index in [9.17, 15) is 18.8 Å². The number of hydrogen-bond acceptors (Lipinski definition) is 5. The highest BCUT2D eigenvalue weighted by atomic mass is 32.1. The second-order valence-electron chi connectivity index (χ2n) is 6.28. The Morgan fingerprint density at radius 1 is 1.30 bits per heavy atom. The van der Waals surface area contributed by atoms with Crippen LogP contribution in [0.3, 0.4) is 0 Å². The number of rotatable bonds is 6. The van der Waals surface area contributed by atoms with Crippen LogP contribution < -0.4 is 16.6 Å². The Bertz CT molecular complexity index is 1100. The van der Waals surface area contributed by atoms with E-state index in [1.165, 1.54) is 22.8 Å². The van der Waals surface area contributed by atoms with Gasteiger partial charge in [0.05, 0.1) is 12.1 Å². The number of amides is 1. The summed E-state index contributed by atoms with van der Waals surface area (Å²) in [5.74, 6) is -0.849. The van der Waals surface area contributed by atoms with Gasteiger partial charge in [-0.25, -0.2) is 9.18 Å².